The molecule has 0 fully saturated rings. The molecule has 0 aromatic heterocycles. The lowest BCUT2D eigenvalue weighted by molar-refractivity contribution is -0.136. The van der Waals surface area contributed by atoms with Gasteiger partial charge in [0.25, 0.3) is 0 Å². The molecule has 0 aliphatic rings. The Kier molecular flexibility index (Phi) is 15.6. The van der Waals surface area contributed by atoms with E-state index in [2.05, 4.69) is 0 Å². The molecule has 10 nitrogen and oxygen atoms in total. The summed E-state index contributed by atoms with van der Waals surface area (Å²) in [5.74, 6) is -2.52. The molecule has 0 aromatic carbocycles. The number of rotatable bonds is 16. The highest BCUT2D eigenvalue weighted by Crippen LogP contribution is 2.25. The first kappa shape index (κ1) is 30.3. The minimum absolute atomic E-state index is 0. The topological polar surface area (TPSA) is 130 Å². The average Bonchev–Trinajstić information content (AvgIpc) is 2.70. The van der Waals surface area contributed by atoms with Crippen LogP contribution in [0, 0.1) is 0 Å². The molecule has 172 valence electrons. The minimum atomic E-state index is -2.85. The molecule has 0 amide bonds. The van der Waals surface area contributed by atoms with Gasteiger partial charge in [0.05, 0.1) is 0 Å². The van der Waals surface area contributed by atoms with Crippen LogP contribution in [0.25, 0.3) is 0 Å². The zero-order chi connectivity index (χ0) is 21.8. The molecule has 0 radical (unpaired) electrons. The van der Waals surface area contributed by atoms with Crippen molar-refractivity contribution >= 4 is 40.5 Å². The van der Waals surface area contributed by atoms with Gasteiger partial charge in [0.2, 0.25) is 0 Å². The van der Waals surface area contributed by atoms with Crippen LogP contribution in [-0.2, 0) is 36.1 Å². The van der Waals surface area contributed by atoms with Crippen molar-refractivity contribution in [2.75, 3.05) is 42.7 Å². The number of aliphatic carboxylic acids is 2. The summed E-state index contributed by atoms with van der Waals surface area (Å²) in [5, 5.41) is 19.0. The number of hydrogen-bond donors (Lipinski definition) is 2. The summed E-state index contributed by atoms with van der Waals surface area (Å²) in [6.07, 6.45) is 0.826. The van der Waals surface area contributed by atoms with Crippen LogP contribution in [0.15, 0.2) is 11.1 Å². The fraction of sp³-hybridized carbons (Fsp3) is 0.750. The molecule has 0 bridgehead atoms. The second-order valence-electron chi connectivity index (χ2n) is 5.87. The monoisotopic (exact) mass is 472 g/mol. The number of carboxylic acids is 2. The third kappa shape index (κ3) is 9.18. The van der Waals surface area contributed by atoms with E-state index in [1.165, 1.54) is 42.7 Å². The van der Waals surface area contributed by atoms with Crippen LogP contribution >= 0.6 is 0 Å². The lowest BCUT2D eigenvalue weighted by atomic mass is 10.00. The molecular formula is C16H36O10Si3. The molecule has 2 N–H and O–H groups in total. The molecule has 13 heteroatoms. The van der Waals surface area contributed by atoms with Crippen molar-refractivity contribution in [3.05, 3.63) is 11.1 Å². The Balaban J connectivity index is 0. The Morgan fingerprint density at radius 2 is 0.862 bits per heavy atom. The molecule has 0 saturated carbocycles. The Hall–Kier alpha value is -0.909. The van der Waals surface area contributed by atoms with Crippen molar-refractivity contribution in [2.24, 2.45) is 0 Å². The number of carboxylic acid groups (broad SMARTS) is 2. The van der Waals surface area contributed by atoms with E-state index in [1.807, 2.05) is 0 Å². The van der Waals surface area contributed by atoms with Crippen LogP contribution in [0.5, 0.6) is 0 Å². The van der Waals surface area contributed by atoms with E-state index in [1.54, 1.807) is 0 Å². The van der Waals surface area contributed by atoms with E-state index in [4.69, 9.17) is 26.6 Å². The quantitative estimate of drug-likeness (QED) is 0.239. The van der Waals surface area contributed by atoms with Crippen molar-refractivity contribution in [1.82, 2.24) is 0 Å². The third-order valence-corrected chi connectivity index (χ3v) is 10.2. The number of hydrogen-bond acceptors (Lipinski definition) is 8. The summed E-state index contributed by atoms with van der Waals surface area (Å²) in [4.78, 5) is 23.3. The van der Waals surface area contributed by atoms with E-state index >= 15 is 0 Å². The molecule has 0 aliphatic heterocycles. The van der Waals surface area contributed by atoms with E-state index in [0.29, 0.717) is 24.9 Å². The minimum Gasteiger partial charge on any atom is -0.478 e. The lowest BCUT2D eigenvalue weighted by Gasteiger charge is -2.24. The van der Waals surface area contributed by atoms with Gasteiger partial charge in [-0.3, -0.25) is 0 Å². The Morgan fingerprint density at radius 1 is 0.621 bits per heavy atom. The Morgan fingerprint density at radius 3 is 1.03 bits per heavy atom. The zero-order valence-electron chi connectivity index (χ0n) is 17.4. The third-order valence-electron chi connectivity index (χ3n) is 4.57. The summed E-state index contributed by atoms with van der Waals surface area (Å²) in [6.45, 7) is 0. The van der Waals surface area contributed by atoms with Crippen molar-refractivity contribution < 1.29 is 46.4 Å². The lowest BCUT2D eigenvalue weighted by Crippen LogP contribution is -2.42. The number of carbonyl (C=O) groups is 2. The van der Waals surface area contributed by atoms with Gasteiger partial charge in [-0.2, -0.15) is 0 Å². The van der Waals surface area contributed by atoms with Gasteiger partial charge < -0.3 is 36.8 Å². The van der Waals surface area contributed by atoms with Crippen LogP contribution in [0.1, 0.15) is 25.7 Å². The zero-order valence-corrected chi connectivity index (χ0v) is 19.4. The molecule has 0 unspecified atom stereocenters. The second-order valence-corrected chi connectivity index (χ2v) is 12.0. The van der Waals surface area contributed by atoms with Crippen LogP contribution < -0.4 is 0 Å². The maximum absolute atomic E-state index is 11.7. The molecule has 0 heterocycles. The van der Waals surface area contributed by atoms with E-state index < -0.39 is 29.5 Å². The molecule has 0 rings (SSSR count). The van der Waals surface area contributed by atoms with Gasteiger partial charge in [0.15, 0.2) is 0 Å². The molecular weight excluding hydrogens is 436 g/mol. The highest BCUT2D eigenvalue weighted by Gasteiger charge is 2.38. The predicted octanol–water partition coefficient (Wildman–Crippen LogP) is 0.317. The maximum atomic E-state index is 11.7. The predicted molar refractivity (Wildman–Crippen MR) is 115 cm³/mol. The van der Waals surface area contributed by atoms with Crippen molar-refractivity contribution in [3.8, 4) is 0 Å². The van der Waals surface area contributed by atoms with Gasteiger partial charge >= 0.3 is 29.5 Å². The maximum Gasteiger partial charge on any atom is 0.500 e. The summed E-state index contributed by atoms with van der Waals surface area (Å²) < 4.78 is 31.8. The summed E-state index contributed by atoms with van der Waals surface area (Å²) in [7, 11) is 3.09. The fourth-order valence-electron chi connectivity index (χ4n) is 2.85. The van der Waals surface area contributed by atoms with Crippen molar-refractivity contribution in [2.45, 2.75) is 37.8 Å². The fourth-order valence-corrected chi connectivity index (χ4v) is 6.29. The van der Waals surface area contributed by atoms with Crippen molar-refractivity contribution in [3.63, 3.8) is 0 Å². The van der Waals surface area contributed by atoms with Crippen LogP contribution in [-0.4, -0.2) is 93.4 Å². The van der Waals surface area contributed by atoms with E-state index in [-0.39, 0.29) is 35.0 Å². The van der Waals surface area contributed by atoms with Gasteiger partial charge in [-0.25, -0.2) is 9.59 Å². The SMILES string of the molecule is CO[Si](CCC/C(C(=O)O)=C(\CCC[Si](OC)(OC)OC)C(=O)O)(OC)OC.[SiH4]. The van der Waals surface area contributed by atoms with Gasteiger partial charge in [-0.15, -0.1) is 0 Å². The van der Waals surface area contributed by atoms with Crippen LogP contribution in [0.4, 0.5) is 0 Å². The molecule has 29 heavy (non-hydrogen) atoms. The van der Waals surface area contributed by atoms with Gasteiger partial charge in [0.1, 0.15) is 0 Å². The van der Waals surface area contributed by atoms with Crippen LogP contribution in [0.3, 0.4) is 0 Å². The Labute approximate surface area is 178 Å². The molecule has 0 atom stereocenters. The summed E-state index contributed by atoms with van der Waals surface area (Å²) in [5.41, 5.74) is -0.281. The summed E-state index contributed by atoms with van der Waals surface area (Å²) in [6, 6.07) is 0.737. The first-order chi connectivity index (χ1) is 13.2. The Bertz CT molecular complexity index is 471. The standard InChI is InChI=1S/C16H32O10Si2.H4Si/c1-21-27(22-2,23-3)11-7-9-13(15(17)18)14(16(19)20)10-8-12-28(24-4,25-5)26-6;/h7-12H2,1-6H3,(H,17,18)(H,19,20);1H4/b14-13-;. The molecule has 0 aromatic rings. The second kappa shape index (κ2) is 15.0. The molecule has 0 spiro atoms. The molecule has 0 aliphatic carbocycles. The largest absolute Gasteiger partial charge is 0.500 e. The summed E-state index contributed by atoms with van der Waals surface area (Å²) >= 11 is 0. The van der Waals surface area contributed by atoms with Gasteiger partial charge in [-0.1, -0.05) is 0 Å². The van der Waals surface area contributed by atoms with Gasteiger partial charge in [-0.05, 0) is 36.6 Å². The van der Waals surface area contributed by atoms with E-state index in [9.17, 15) is 19.8 Å². The normalized spacial score (nSPS) is 12.9. The smallest absolute Gasteiger partial charge is 0.478 e. The first-order valence-electron chi connectivity index (χ1n) is 8.69. The molecule has 0 saturated heterocycles. The van der Waals surface area contributed by atoms with E-state index in [0.717, 1.165) is 0 Å². The van der Waals surface area contributed by atoms with Crippen molar-refractivity contribution in [1.29, 1.82) is 0 Å². The highest BCUT2D eigenvalue weighted by molar-refractivity contribution is 6.60. The first-order valence-corrected chi connectivity index (χ1v) is 12.6. The van der Waals surface area contributed by atoms with Crippen LogP contribution in [0.2, 0.25) is 12.1 Å². The average molecular weight is 473 g/mol. The highest BCUT2D eigenvalue weighted by atomic mass is 28.4. The van der Waals surface area contributed by atoms with Gasteiger partial charge in [0, 0.05) is 65.9 Å².